The van der Waals surface area contributed by atoms with Gasteiger partial charge in [0.25, 0.3) is 0 Å². The van der Waals surface area contributed by atoms with Gasteiger partial charge in [0.1, 0.15) is 0 Å². The lowest BCUT2D eigenvalue weighted by Crippen LogP contribution is -2.09. The summed E-state index contributed by atoms with van der Waals surface area (Å²) in [5, 5.41) is 7.61. The van der Waals surface area contributed by atoms with Crippen molar-refractivity contribution in [3.63, 3.8) is 0 Å². The second kappa shape index (κ2) is 6.04. The maximum Gasteiger partial charge on any atom is 0.226 e. The molecule has 1 saturated carbocycles. The van der Waals surface area contributed by atoms with Crippen LogP contribution in [-0.4, -0.2) is 23.2 Å². The first kappa shape index (κ1) is 13.1. The Morgan fingerprint density at radius 3 is 2.95 bits per heavy atom. The largest absolute Gasteiger partial charge is 0.339 e. The summed E-state index contributed by atoms with van der Waals surface area (Å²) < 4.78 is 5.42. The zero-order chi connectivity index (χ0) is 13.1. The van der Waals surface area contributed by atoms with Gasteiger partial charge in [0, 0.05) is 12.3 Å². The lowest BCUT2D eigenvalue weighted by atomic mass is 10.0. The van der Waals surface area contributed by atoms with E-state index in [-0.39, 0.29) is 0 Å². The summed E-state index contributed by atoms with van der Waals surface area (Å²) in [6, 6.07) is 0. The SMILES string of the molecule is CCC1CCC(c2noc(CCC3CCNC3)n2)C1. The first-order valence-electron chi connectivity index (χ1n) is 7.88. The minimum absolute atomic E-state index is 0.551. The molecule has 0 bridgehead atoms. The summed E-state index contributed by atoms with van der Waals surface area (Å²) in [7, 11) is 0. The van der Waals surface area contributed by atoms with Crippen LogP contribution in [0.3, 0.4) is 0 Å². The topological polar surface area (TPSA) is 51.0 Å². The molecule has 0 amide bonds. The molecule has 106 valence electrons. The Hall–Kier alpha value is -0.900. The number of nitrogens with zero attached hydrogens (tertiary/aromatic N) is 2. The van der Waals surface area contributed by atoms with Crippen LogP contribution in [0.5, 0.6) is 0 Å². The van der Waals surface area contributed by atoms with Crippen molar-refractivity contribution < 1.29 is 4.52 Å². The molecular weight excluding hydrogens is 238 g/mol. The number of hydrogen-bond donors (Lipinski definition) is 1. The van der Waals surface area contributed by atoms with E-state index in [1.54, 1.807) is 0 Å². The van der Waals surface area contributed by atoms with Crippen LogP contribution in [0.15, 0.2) is 4.52 Å². The molecule has 4 heteroatoms. The van der Waals surface area contributed by atoms with Crippen molar-refractivity contribution in [2.75, 3.05) is 13.1 Å². The molecule has 0 radical (unpaired) electrons. The molecule has 1 saturated heterocycles. The minimum atomic E-state index is 0.551. The zero-order valence-electron chi connectivity index (χ0n) is 11.9. The van der Waals surface area contributed by atoms with Crippen molar-refractivity contribution in [2.24, 2.45) is 11.8 Å². The number of aromatic nitrogens is 2. The highest BCUT2D eigenvalue weighted by molar-refractivity contribution is 4.99. The van der Waals surface area contributed by atoms with Gasteiger partial charge in [-0.05, 0) is 57.0 Å². The van der Waals surface area contributed by atoms with E-state index in [4.69, 9.17) is 4.52 Å². The van der Waals surface area contributed by atoms with Gasteiger partial charge < -0.3 is 9.84 Å². The van der Waals surface area contributed by atoms with Crippen LogP contribution < -0.4 is 5.32 Å². The van der Waals surface area contributed by atoms with Gasteiger partial charge in [0.15, 0.2) is 5.82 Å². The second-order valence-corrected chi connectivity index (χ2v) is 6.23. The van der Waals surface area contributed by atoms with Crippen LogP contribution in [0.25, 0.3) is 0 Å². The Balaban J connectivity index is 1.51. The van der Waals surface area contributed by atoms with Gasteiger partial charge in [-0.15, -0.1) is 0 Å². The summed E-state index contributed by atoms with van der Waals surface area (Å²) in [4.78, 5) is 4.62. The van der Waals surface area contributed by atoms with Crippen LogP contribution in [0.2, 0.25) is 0 Å². The van der Waals surface area contributed by atoms with E-state index in [1.165, 1.54) is 45.1 Å². The molecule has 1 N–H and O–H groups in total. The molecule has 2 heterocycles. The molecule has 0 spiro atoms. The highest BCUT2D eigenvalue weighted by atomic mass is 16.5. The highest BCUT2D eigenvalue weighted by Crippen LogP contribution is 2.38. The van der Waals surface area contributed by atoms with E-state index in [0.29, 0.717) is 5.92 Å². The normalized spacial score (nSPS) is 31.1. The Labute approximate surface area is 115 Å². The van der Waals surface area contributed by atoms with Gasteiger partial charge in [0.2, 0.25) is 5.89 Å². The van der Waals surface area contributed by atoms with Crippen LogP contribution in [0.4, 0.5) is 0 Å². The number of rotatable bonds is 5. The van der Waals surface area contributed by atoms with Crippen molar-refractivity contribution in [2.45, 2.75) is 57.8 Å². The van der Waals surface area contributed by atoms with Gasteiger partial charge >= 0.3 is 0 Å². The molecule has 0 aromatic carbocycles. The van der Waals surface area contributed by atoms with Crippen LogP contribution in [-0.2, 0) is 6.42 Å². The molecule has 3 atom stereocenters. The van der Waals surface area contributed by atoms with E-state index in [2.05, 4.69) is 22.4 Å². The molecule has 19 heavy (non-hydrogen) atoms. The molecule has 3 rings (SSSR count). The minimum Gasteiger partial charge on any atom is -0.339 e. The average molecular weight is 263 g/mol. The Bertz CT molecular complexity index is 398. The third-order valence-corrected chi connectivity index (χ3v) is 4.90. The van der Waals surface area contributed by atoms with Crippen molar-refractivity contribution in [3.8, 4) is 0 Å². The fraction of sp³-hybridized carbons (Fsp3) is 0.867. The van der Waals surface area contributed by atoms with E-state index in [1.807, 2.05) is 0 Å². The van der Waals surface area contributed by atoms with Crippen molar-refractivity contribution in [3.05, 3.63) is 11.7 Å². The van der Waals surface area contributed by atoms with Crippen LogP contribution in [0.1, 0.15) is 63.1 Å². The summed E-state index contributed by atoms with van der Waals surface area (Å²) in [5.41, 5.74) is 0. The lowest BCUT2D eigenvalue weighted by Gasteiger charge is -2.05. The molecule has 1 aromatic rings. The zero-order valence-corrected chi connectivity index (χ0v) is 11.9. The maximum absolute atomic E-state index is 5.42. The fourth-order valence-electron chi connectivity index (χ4n) is 3.50. The van der Waals surface area contributed by atoms with Crippen molar-refractivity contribution >= 4 is 0 Å². The van der Waals surface area contributed by atoms with Crippen molar-refractivity contribution in [1.82, 2.24) is 15.5 Å². The Morgan fingerprint density at radius 1 is 1.26 bits per heavy atom. The number of nitrogens with one attached hydrogen (secondary N) is 1. The van der Waals surface area contributed by atoms with Gasteiger partial charge in [-0.25, -0.2) is 0 Å². The summed E-state index contributed by atoms with van der Waals surface area (Å²) in [6.45, 7) is 4.60. The van der Waals surface area contributed by atoms with Gasteiger partial charge in [-0.3, -0.25) is 0 Å². The number of aryl methyl sites for hydroxylation is 1. The molecular formula is C15H25N3O. The Morgan fingerprint density at radius 2 is 2.21 bits per heavy atom. The maximum atomic E-state index is 5.42. The Kier molecular flexibility index (Phi) is 4.16. The van der Waals surface area contributed by atoms with E-state index in [9.17, 15) is 0 Å². The number of hydrogen-bond acceptors (Lipinski definition) is 4. The van der Waals surface area contributed by atoms with E-state index in [0.717, 1.165) is 36.5 Å². The van der Waals surface area contributed by atoms with Gasteiger partial charge in [-0.2, -0.15) is 4.98 Å². The van der Waals surface area contributed by atoms with E-state index >= 15 is 0 Å². The third kappa shape index (κ3) is 3.16. The quantitative estimate of drug-likeness (QED) is 0.887. The molecule has 4 nitrogen and oxygen atoms in total. The van der Waals surface area contributed by atoms with Crippen LogP contribution in [0, 0.1) is 11.8 Å². The average Bonchev–Trinajstić information content (AvgIpc) is 3.16. The predicted molar refractivity (Wildman–Crippen MR) is 74.0 cm³/mol. The lowest BCUT2D eigenvalue weighted by molar-refractivity contribution is 0.357. The fourth-order valence-corrected chi connectivity index (χ4v) is 3.50. The summed E-state index contributed by atoms with van der Waals surface area (Å²) in [5.74, 6) is 4.04. The third-order valence-electron chi connectivity index (χ3n) is 4.90. The standard InChI is InChI=1S/C15H25N3O/c1-2-11-3-5-13(9-11)15-17-14(19-18-15)6-4-12-7-8-16-10-12/h11-13,16H,2-10H2,1H3. The van der Waals surface area contributed by atoms with Gasteiger partial charge in [-0.1, -0.05) is 18.5 Å². The van der Waals surface area contributed by atoms with Crippen molar-refractivity contribution in [1.29, 1.82) is 0 Å². The molecule has 1 aromatic heterocycles. The predicted octanol–water partition coefficient (Wildman–Crippen LogP) is 2.91. The molecule has 2 aliphatic rings. The monoisotopic (exact) mass is 263 g/mol. The first-order valence-corrected chi connectivity index (χ1v) is 7.88. The molecule has 3 unspecified atom stereocenters. The summed E-state index contributed by atoms with van der Waals surface area (Å²) >= 11 is 0. The second-order valence-electron chi connectivity index (χ2n) is 6.23. The van der Waals surface area contributed by atoms with E-state index < -0.39 is 0 Å². The smallest absolute Gasteiger partial charge is 0.226 e. The first-order chi connectivity index (χ1) is 9.35. The molecule has 1 aliphatic carbocycles. The highest BCUT2D eigenvalue weighted by Gasteiger charge is 2.28. The molecule has 1 aliphatic heterocycles. The molecule has 2 fully saturated rings. The van der Waals surface area contributed by atoms with Gasteiger partial charge in [0.05, 0.1) is 0 Å². The summed E-state index contributed by atoms with van der Waals surface area (Å²) in [6.07, 6.45) is 8.53. The van der Waals surface area contributed by atoms with Crippen LogP contribution >= 0.6 is 0 Å².